The lowest BCUT2D eigenvalue weighted by Gasteiger charge is -2.44. The van der Waals surface area contributed by atoms with E-state index in [1.54, 1.807) is 42.6 Å². The van der Waals surface area contributed by atoms with Crippen LogP contribution in [0.2, 0.25) is 0 Å². The number of hydrogen-bond donors (Lipinski definition) is 1. The summed E-state index contributed by atoms with van der Waals surface area (Å²) in [4.78, 5) is 31.2. The van der Waals surface area contributed by atoms with Crippen LogP contribution in [0.5, 0.6) is 0 Å². The number of rotatable bonds is 3. The van der Waals surface area contributed by atoms with Crippen molar-refractivity contribution in [2.75, 3.05) is 13.7 Å². The molecule has 1 spiro atoms. The smallest absolute Gasteiger partial charge is 0.268 e. The molecule has 36 heavy (non-hydrogen) atoms. The van der Waals surface area contributed by atoms with Crippen molar-refractivity contribution in [1.29, 1.82) is 0 Å². The summed E-state index contributed by atoms with van der Waals surface area (Å²) in [6.45, 7) is 2.34. The van der Waals surface area contributed by atoms with Gasteiger partial charge < -0.3 is 10.1 Å². The maximum absolute atomic E-state index is 14.1. The SMILES string of the molecule is COC1CC2(C=CC(=O)C(Br)=C2)C2=C(N1)C(=O)c1c3c(cn1S(=O)(=O)c1ccc(C)cc1)CCN=C23. The number of Topliss-reactive ketones (excluding diaryl/α,β-unsaturated/α-hetero) is 1. The van der Waals surface area contributed by atoms with Crippen LogP contribution in [0.3, 0.4) is 0 Å². The molecule has 0 saturated heterocycles. The Morgan fingerprint density at radius 2 is 1.97 bits per heavy atom. The van der Waals surface area contributed by atoms with Crippen molar-refractivity contribution in [2.24, 2.45) is 10.4 Å². The Balaban J connectivity index is 1.60. The molecule has 1 N–H and O–H groups in total. The fourth-order valence-corrected chi connectivity index (χ4v) is 7.35. The lowest BCUT2D eigenvalue weighted by molar-refractivity contribution is -0.110. The number of nitrogens with one attached hydrogen (secondary N) is 1. The fraction of sp³-hybridized carbons (Fsp3) is 0.269. The first-order valence-corrected chi connectivity index (χ1v) is 13.7. The summed E-state index contributed by atoms with van der Waals surface area (Å²) in [5, 5.41) is 3.17. The van der Waals surface area contributed by atoms with Crippen LogP contribution in [0.1, 0.15) is 33.6 Å². The summed E-state index contributed by atoms with van der Waals surface area (Å²) in [6, 6.07) is 6.55. The van der Waals surface area contributed by atoms with Gasteiger partial charge in [-0.3, -0.25) is 14.6 Å². The van der Waals surface area contributed by atoms with E-state index in [0.29, 0.717) is 40.7 Å². The van der Waals surface area contributed by atoms with E-state index in [1.807, 2.05) is 6.92 Å². The van der Waals surface area contributed by atoms with Crippen LogP contribution in [0.4, 0.5) is 0 Å². The topological polar surface area (TPSA) is 107 Å². The Kier molecular flexibility index (Phi) is 5.16. The van der Waals surface area contributed by atoms with Gasteiger partial charge in [0.1, 0.15) is 11.9 Å². The van der Waals surface area contributed by atoms with Gasteiger partial charge in [0.15, 0.2) is 5.78 Å². The van der Waals surface area contributed by atoms with Crippen molar-refractivity contribution in [1.82, 2.24) is 9.29 Å². The van der Waals surface area contributed by atoms with Crippen molar-refractivity contribution < 1.29 is 22.7 Å². The van der Waals surface area contributed by atoms with E-state index in [2.05, 4.69) is 21.2 Å². The number of aryl methyl sites for hydroxylation is 1. The highest BCUT2D eigenvalue weighted by molar-refractivity contribution is 9.12. The number of aliphatic imine (C=N–C) groups is 1. The van der Waals surface area contributed by atoms with Crippen molar-refractivity contribution in [3.05, 3.63) is 86.8 Å². The number of nitrogens with zero attached hydrogens (tertiary/aromatic N) is 2. The molecule has 0 radical (unpaired) electrons. The average molecular weight is 568 g/mol. The van der Waals surface area contributed by atoms with E-state index < -0.39 is 27.4 Å². The quantitative estimate of drug-likeness (QED) is 0.610. The number of benzene rings is 1. The molecule has 2 atom stereocenters. The van der Waals surface area contributed by atoms with Crippen molar-refractivity contribution in [2.45, 2.75) is 30.9 Å². The molecule has 2 unspecified atom stereocenters. The molecule has 0 fully saturated rings. The zero-order valence-electron chi connectivity index (χ0n) is 19.5. The van der Waals surface area contributed by atoms with E-state index in [-0.39, 0.29) is 22.1 Å². The van der Waals surface area contributed by atoms with E-state index in [9.17, 15) is 18.0 Å². The molecule has 10 heteroatoms. The minimum atomic E-state index is -4.04. The molecular formula is C26H22BrN3O5S. The molecule has 1 aromatic carbocycles. The predicted octanol–water partition coefficient (Wildman–Crippen LogP) is 3.20. The normalized spacial score (nSPS) is 24.8. The van der Waals surface area contributed by atoms with E-state index in [4.69, 9.17) is 9.73 Å². The average Bonchev–Trinajstić information content (AvgIpc) is 3.27. The Morgan fingerprint density at radius 3 is 2.67 bits per heavy atom. The molecular weight excluding hydrogens is 546 g/mol. The van der Waals surface area contributed by atoms with Gasteiger partial charge in [0.25, 0.3) is 10.0 Å². The summed E-state index contributed by atoms with van der Waals surface area (Å²) in [5.74, 6) is -0.613. The molecule has 0 saturated carbocycles. The summed E-state index contributed by atoms with van der Waals surface area (Å²) >= 11 is 3.37. The second kappa shape index (κ2) is 7.96. The molecule has 3 heterocycles. The highest BCUT2D eigenvalue weighted by atomic mass is 79.9. The Morgan fingerprint density at radius 1 is 1.22 bits per heavy atom. The molecule has 1 aromatic heterocycles. The second-order valence-electron chi connectivity index (χ2n) is 9.35. The number of aromatic nitrogens is 1. The van der Waals surface area contributed by atoms with Crippen LogP contribution in [-0.4, -0.2) is 49.6 Å². The number of fused-ring (bicyclic) bond motifs is 2. The first kappa shape index (κ1) is 23.3. The zero-order valence-corrected chi connectivity index (χ0v) is 21.9. The Hall–Kier alpha value is -3.08. The highest BCUT2D eigenvalue weighted by Crippen LogP contribution is 2.49. The highest BCUT2D eigenvalue weighted by Gasteiger charge is 2.50. The minimum absolute atomic E-state index is 0.0705. The Bertz CT molecular complexity index is 1590. The predicted molar refractivity (Wildman–Crippen MR) is 137 cm³/mol. The molecule has 8 nitrogen and oxygen atoms in total. The third-order valence-corrected chi connectivity index (χ3v) is 9.47. The van der Waals surface area contributed by atoms with Gasteiger partial charge in [-0.25, -0.2) is 12.4 Å². The van der Waals surface area contributed by atoms with E-state index >= 15 is 0 Å². The summed E-state index contributed by atoms with van der Waals surface area (Å²) in [5.41, 5.74) is 2.94. The van der Waals surface area contributed by atoms with Crippen LogP contribution in [0.25, 0.3) is 0 Å². The van der Waals surface area contributed by atoms with E-state index in [0.717, 1.165) is 15.1 Å². The molecule has 0 bridgehead atoms. The van der Waals surface area contributed by atoms with Crippen molar-refractivity contribution in [3.63, 3.8) is 0 Å². The molecule has 2 aliphatic heterocycles. The van der Waals surface area contributed by atoms with Gasteiger partial charge in [-0.2, -0.15) is 0 Å². The molecule has 6 rings (SSSR count). The molecule has 4 aliphatic rings. The number of ketones is 2. The number of carbonyl (C=O) groups is 2. The molecule has 2 aliphatic carbocycles. The van der Waals surface area contributed by atoms with Gasteiger partial charge in [-0.05, 0) is 53.0 Å². The largest absolute Gasteiger partial charge is 0.362 e. The van der Waals surface area contributed by atoms with Crippen LogP contribution in [-0.2, 0) is 26.0 Å². The van der Waals surface area contributed by atoms with Gasteiger partial charge in [0.2, 0.25) is 5.78 Å². The fourth-order valence-electron chi connectivity index (χ4n) is 5.42. The summed E-state index contributed by atoms with van der Waals surface area (Å²) in [7, 11) is -2.51. The maximum Gasteiger partial charge on any atom is 0.268 e. The third kappa shape index (κ3) is 3.21. The van der Waals surface area contributed by atoms with Crippen molar-refractivity contribution >= 4 is 43.2 Å². The number of allylic oxidation sites excluding steroid dienone is 6. The molecule has 184 valence electrons. The van der Waals surface area contributed by atoms with Gasteiger partial charge in [-0.1, -0.05) is 29.8 Å². The van der Waals surface area contributed by atoms with Crippen molar-refractivity contribution in [3.8, 4) is 0 Å². The van der Waals surface area contributed by atoms with Gasteiger partial charge in [0.05, 0.1) is 20.8 Å². The number of ether oxygens (including phenoxy) is 1. The second-order valence-corrected chi connectivity index (χ2v) is 12.0. The first-order valence-electron chi connectivity index (χ1n) is 11.5. The lowest BCUT2D eigenvalue weighted by Crippen LogP contribution is -2.50. The number of carbonyl (C=O) groups excluding carboxylic acids is 2. The Labute approximate surface area is 216 Å². The minimum Gasteiger partial charge on any atom is -0.362 e. The van der Waals surface area contributed by atoms with E-state index in [1.165, 1.54) is 13.2 Å². The number of halogens is 1. The van der Waals surface area contributed by atoms with Gasteiger partial charge >= 0.3 is 0 Å². The monoisotopic (exact) mass is 567 g/mol. The van der Waals surface area contributed by atoms with Gasteiger partial charge in [0, 0.05) is 42.8 Å². The van der Waals surface area contributed by atoms with Crippen LogP contribution in [0.15, 0.2) is 74.3 Å². The number of hydrogen-bond acceptors (Lipinski definition) is 7. The zero-order chi connectivity index (χ0) is 25.4. The molecule has 0 amide bonds. The third-order valence-electron chi connectivity index (χ3n) is 7.18. The van der Waals surface area contributed by atoms with Gasteiger partial charge in [-0.15, -0.1) is 0 Å². The van der Waals surface area contributed by atoms with Crippen LogP contribution < -0.4 is 5.32 Å². The van der Waals surface area contributed by atoms with Crippen LogP contribution in [0, 0.1) is 12.3 Å². The van der Waals surface area contributed by atoms with Crippen LogP contribution >= 0.6 is 15.9 Å². The lowest BCUT2D eigenvalue weighted by atomic mass is 9.66. The molecule has 2 aromatic rings. The maximum atomic E-state index is 14.1. The standard InChI is InChI=1S/C26H22BrN3O5S/c1-14-3-5-16(6-4-14)36(33,34)30-13-15-8-10-28-22-20(15)24(30)25(32)23-21(22)26(12-19(29-23)35-2)9-7-18(31)17(27)11-26/h3-7,9,11,13,19,29H,8,10,12H2,1-2H3. The summed E-state index contributed by atoms with van der Waals surface area (Å²) in [6.07, 6.45) is 7.04. The number of methoxy groups -OCH3 is 1. The first-order chi connectivity index (χ1) is 17.2. The summed E-state index contributed by atoms with van der Waals surface area (Å²) < 4.78 is 34.5.